The zero-order valence-electron chi connectivity index (χ0n) is 10.8. The van der Waals surface area contributed by atoms with E-state index in [0.29, 0.717) is 17.9 Å². The van der Waals surface area contributed by atoms with Gasteiger partial charge in [-0.15, -0.1) is 0 Å². The van der Waals surface area contributed by atoms with Crippen molar-refractivity contribution in [3.05, 3.63) is 42.6 Å². The molecule has 6 heteroatoms. The summed E-state index contributed by atoms with van der Waals surface area (Å²) >= 11 is 0. The normalized spacial score (nSPS) is 10.2. The number of anilines is 1. The Labute approximate surface area is 111 Å². The van der Waals surface area contributed by atoms with Gasteiger partial charge in [0.2, 0.25) is 0 Å². The highest BCUT2D eigenvalue weighted by Crippen LogP contribution is 2.09. The SMILES string of the molecule is CNc1ncccc1C(=O)NCCCn1ccnc1. The molecule has 0 aliphatic rings. The number of hydrogen-bond donors (Lipinski definition) is 2. The van der Waals surface area contributed by atoms with E-state index in [1.54, 1.807) is 37.9 Å². The fourth-order valence-electron chi connectivity index (χ4n) is 1.77. The fraction of sp³-hybridized carbons (Fsp3) is 0.308. The number of amides is 1. The lowest BCUT2D eigenvalue weighted by Crippen LogP contribution is -2.26. The Morgan fingerprint density at radius 3 is 3.05 bits per heavy atom. The van der Waals surface area contributed by atoms with Gasteiger partial charge < -0.3 is 15.2 Å². The van der Waals surface area contributed by atoms with Gasteiger partial charge in [0.1, 0.15) is 5.82 Å². The van der Waals surface area contributed by atoms with Crippen molar-refractivity contribution in [3.8, 4) is 0 Å². The van der Waals surface area contributed by atoms with Gasteiger partial charge in [0, 0.05) is 38.7 Å². The third-order valence-electron chi connectivity index (χ3n) is 2.73. The summed E-state index contributed by atoms with van der Waals surface area (Å²) in [5.74, 6) is 0.484. The Morgan fingerprint density at radius 2 is 2.32 bits per heavy atom. The summed E-state index contributed by atoms with van der Waals surface area (Å²) in [5.41, 5.74) is 0.563. The lowest BCUT2D eigenvalue weighted by atomic mass is 10.2. The maximum Gasteiger partial charge on any atom is 0.255 e. The van der Waals surface area contributed by atoms with Crippen molar-refractivity contribution < 1.29 is 4.79 Å². The van der Waals surface area contributed by atoms with Crippen molar-refractivity contribution in [2.75, 3.05) is 18.9 Å². The molecular formula is C13H17N5O. The molecule has 19 heavy (non-hydrogen) atoms. The van der Waals surface area contributed by atoms with Gasteiger partial charge in [0.25, 0.3) is 5.91 Å². The van der Waals surface area contributed by atoms with Gasteiger partial charge in [-0.3, -0.25) is 4.79 Å². The molecule has 0 aliphatic carbocycles. The lowest BCUT2D eigenvalue weighted by molar-refractivity contribution is 0.0953. The second kappa shape index (κ2) is 6.53. The van der Waals surface area contributed by atoms with Crippen molar-refractivity contribution in [2.45, 2.75) is 13.0 Å². The van der Waals surface area contributed by atoms with Crippen molar-refractivity contribution in [1.82, 2.24) is 19.9 Å². The number of aromatic nitrogens is 3. The number of pyridine rings is 1. The molecule has 1 amide bonds. The monoisotopic (exact) mass is 259 g/mol. The molecule has 0 bridgehead atoms. The van der Waals surface area contributed by atoms with Gasteiger partial charge in [-0.2, -0.15) is 0 Å². The Morgan fingerprint density at radius 1 is 1.42 bits per heavy atom. The number of nitrogens with one attached hydrogen (secondary N) is 2. The molecule has 100 valence electrons. The summed E-state index contributed by atoms with van der Waals surface area (Å²) in [6.45, 7) is 1.46. The van der Waals surface area contributed by atoms with Crippen LogP contribution < -0.4 is 10.6 Å². The van der Waals surface area contributed by atoms with Crippen molar-refractivity contribution in [1.29, 1.82) is 0 Å². The smallest absolute Gasteiger partial charge is 0.255 e. The Hall–Kier alpha value is -2.37. The summed E-state index contributed by atoms with van der Waals surface area (Å²) in [6.07, 6.45) is 7.93. The maximum absolute atomic E-state index is 12.0. The van der Waals surface area contributed by atoms with E-state index < -0.39 is 0 Å². The highest BCUT2D eigenvalue weighted by atomic mass is 16.1. The molecular weight excluding hydrogens is 242 g/mol. The van der Waals surface area contributed by atoms with E-state index in [2.05, 4.69) is 20.6 Å². The van der Waals surface area contributed by atoms with Gasteiger partial charge in [0.15, 0.2) is 0 Å². The zero-order valence-corrected chi connectivity index (χ0v) is 10.8. The third kappa shape index (κ3) is 3.54. The molecule has 0 fully saturated rings. The van der Waals surface area contributed by atoms with Crippen LogP contribution in [-0.2, 0) is 6.54 Å². The van der Waals surface area contributed by atoms with Crippen molar-refractivity contribution >= 4 is 11.7 Å². The molecule has 0 saturated carbocycles. The van der Waals surface area contributed by atoms with E-state index >= 15 is 0 Å². The Bertz CT molecular complexity index is 524. The topological polar surface area (TPSA) is 71.8 Å². The van der Waals surface area contributed by atoms with E-state index in [0.717, 1.165) is 13.0 Å². The van der Waals surface area contributed by atoms with E-state index in [4.69, 9.17) is 0 Å². The minimum Gasteiger partial charge on any atom is -0.372 e. The first-order valence-corrected chi connectivity index (χ1v) is 6.18. The average molecular weight is 259 g/mol. The van der Waals surface area contributed by atoms with Gasteiger partial charge in [-0.05, 0) is 18.6 Å². The number of nitrogens with zero attached hydrogens (tertiary/aromatic N) is 3. The highest BCUT2D eigenvalue weighted by molar-refractivity contribution is 5.98. The first kappa shape index (κ1) is 13.1. The Kier molecular flexibility index (Phi) is 4.49. The molecule has 2 N–H and O–H groups in total. The predicted molar refractivity (Wildman–Crippen MR) is 73.0 cm³/mol. The molecule has 6 nitrogen and oxygen atoms in total. The zero-order chi connectivity index (χ0) is 13.5. The van der Waals surface area contributed by atoms with Gasteiger partial charge >= 0.3 is 0 Å². The highest BCUT2D eigenvalue weighted by Gasteiger charge is 2.09. The van der Waals surface area contributed by atoms with E-state index in [1.807, 2.05) is 10.8 Å². The molecule has 0 radical (unpaired) electrons. The molecule has 0 unspecified atom stereocenters. The van der Waals surface area contributed by atoms with Gasteiger partial charge in [-0.25, -0.2) is 9.97 Å². The van der Waals surface area contributed by atoms with E-state index in [9.17, 15) is 4.79 Å². The largest absolute Gasteiger partial charge is 0.372 e. The number of carbonyl (C=O) groups is 1. The van der Waals surface area contributed by atoms with Crippen LogP contribution in [0, 0.1) is 0 Å². The standard InChI is InChI=1S/C13H17N5O/c1-14-12-11(4-2-5-16-12)13(19)17-6-3-8-18-9-7-15-10-18/h2,4-5,7,9-10H,3,6,8H2,1H3,(H,14,16)(H,17,19). The number of hydrogen-bond acceptors (Lipinski definition) is 4. The van der Waals surface area contributed by atoms with Crippen molar-refractivity contribution in [2.24, 2.45) is 0 Å². The number of carbonyl (C=O) groups excluding carboxylic acids is 1. The molecule has 2 aromatic heterocycles. The molecule has 2 aromatic rings. The molecule has 2 heterocycles. The van der Waals surface area contributed by atoms with Crippen molar-refractivity contribution in [3.63, 3.8) is 0 Å². The van der Waals surface area contributed by atoms with Crippen LogP contribution in [-0.4, -0.2) is 34.0 Å². The molecule has 0 spiro atoms. The number of rotatable bonds is 6. The van der Waals surface area contributed by atoms with Crippen LogP contribution in [0.5, 0.6) is 0 Å². The van der Waals surface area contributed by atoms with Crippen LogP contribution in [0.4, 0.5) is 5.82 Å². The first-order chi connectivity index (χ1) is 9.31. The summed E-state index contributed by atoms with van der Waals surface area (Å²) in [6, 6.07) is 3.51. The third-order valence-corrected chi connectivity index (χ3v) is 2.73. The second-order valence-corrected chi connectivity index (χ2v) is 4.06. The Balaban J connectivity index is 1.81. The summed E-state index contributed by atoms with van der Waals surface area (Å²) in [4.78, 5) is 20.0. The second-order valence-electron chi connectivity index (χ2n) is 4.06. The lowest BCUT2D eigenvalue weighted by Gasteiger charge is -2.08. The number of imidazole rings is 1. The maximum atomic E-state index is 12.0. The van der Waals surface area contributed by atoms with E-state index in [-0.39, 0.29) is 5.91 Å². The molecule has 0 aliphatic heterocycles. The number of aryl methyl sites for hydroxylation is 1. The molecule has 0 aromatic carbocycles. The minimum absolute atomic E-state index is 0.108. The summed E-state index contributed by atoms with van der Waals surface area (Å²) < 4.78 is 1.98. The predicted octanol–water partition coefficient (Wildman–Crippen LogP) is 1.14. The average Bonchev–Trinajstić information content (AvgIpc) is 2.96. The molecule has 0 saturated heterocycles. The van der Waals surface area contributed by atoms with Crippen LogP contribution in [0.3, 0.4) is 0 Å². The first-order valence-electron chi connectivity index (χ1n) is 6.18. The van der Waals surface area contributed by atoms with Crippen LogP contribution in [0.15, 0.2) is 37.1 Å². The van der Waals surface area contributed by atoms with Gasteiger partial charge in [0.05, 0.1) is 11.9 Å². The van der Waals surface area contributed by atoms with E-state index in [1.165, 1.54) is 0 Å². The summed E-state index contributed by atoms with van der Waals surface area (Å²) in [5, 5.41) is 5.79. The minimum atomic E-state index is -0.108. The van der Waals surface area contributed by atoms with Crippen LogP contribution in [0.2, 0.25) is 0 Å². The quantitative estimate of drug-likeness (QED) is 0.763. The van der Waals surface area contributed by atoms with Crippen LogP contribution >= 0.6 is 0 Å². The molecule has 0 atom stereocenters. The fourth-order valence-corrected chi connectivity index (χ4v) is 1.77. The van der Waals surface area contributed by atoms with Crippen LogP contribution in [0.25, 0.3) is 0 Å². The van der Waals surface area contributed by atoms with Gasteiger partial charge in [-0.1, -0.05) is 0 Å². The van der Waals surface area contributed by atoms with Crippen LogP contribution in [0.1, 0.15) is 16.8 Å². The summed E-state index contributed by atoms with van der Waals surface area (Å²) in [7, 11) is 1.75. The molecule has 2 rings (SSSR count).